The number of nitro groups is 1. The fourth-order valence-corrected chi connectivity index (χ4v) is 4.58. The molecule has 0 spiro atoms. The lowest BCUT2D eigenvalue weighted by molar-refractivity contribution is -0.384. The summed E-state index contributed by atoms with van der Waals surface area (Å²) in [7, 11) is 2.12. The molecule has 214 valence electrons. The van der Waals surface area contributed by atoms with Gasteiger partial charge in [-0.3, -0.25) is 14.9 Å². The Labute approximate surface area is 232 Å². The number of carbonyl (C=O) groups excluding carboxylic acids is 1. The summed E-state index contributed by atoms with van der Waals surface area (Å²) in [5, 5.41) is 35.6. The number of amides is 1. The van der Waals surface area contributed by atoms with E-state index in [0.717, 1.165) is 45.2 Å². The monoisotopic (exact) mass is 553 g/mol. The first kappa shape index (κ1) is 28.8. The number of hydrogen-bond acceptors (Lipinski definition) is 10. The molecule has 1 aliphatic heterocycles. The van der Waals surface area contributed by atoms with E-state index < -0.39 is 10.5 Å². The van der Waals surface area contributed by atoms with Crippen LogP contribution in [0.1, 0.15) is 37.7 Å². The van der Waals surface area contributed by atoms with Gasteiger partial charge in [0.15, 0.2) is 11.5 Å². The van der Waals surface area contributed by atoms with Gasteiger partial charge in [-0.05, 0) is 52.9 Å². The van der Waals surface area contributed by atoms with Crippen LogP contribution < -0.4 is 4.74 Å². The lowest BCUT2D eigenvalue weighted by Crippen LogP contribution is -2.48. The number of aromatic hydroxyl groups is 2. The van der Waals surface area contributed by atoms with Gasteiger partial charge in [-0.15, -0.1) is 0 Å². The number of non-ortho nitro benzene ring substituents is 1. The highest BCUT2D eigenvalue weighted by Crippen LogP contribution is 2.43. The third-order valence-corrected chi connectivity index (χ3v) is 6.82. The SMILES string of the molecule is CN1CCN(CCCN(C(=O)c2cc(-c3c(O)cc(O)cc3Oc3ccc([N+](=O)[O-])cc3)on2)C(C)(C)C)CC1. The van der Waals surface area contributed by atoms with E-state index in [1.54, 1.807) is 4.90 Å². The number of ether oxygens (including phenoxy) is 1. The summed E-state index contributed by atoms with van der Waals surface area (Å²) in [5.74, 6) is -0.630. The molecule has 0 aliphatic carbocycles. The molecule has 2 aromatic carbocycles. The van der Waals surface area contributed by atoms with Crippen LogP contribution in [0, 0.1) is 10.1 Å². The summed E-state index contributed by atoms with van der Waals surface area (Å²) in [4.78, 5) is 30.4. The Morgan fingerprint density at radius 1 is 1.12 bits per heavy atom. The highest BCUT2D eigenvalue weighted by molar-refractivity contribution is 5.94. The Morgan fingerprint density at radius 3 is 2.42 bits per heavy atom. The molecular formula is C28H35N5O7. The molecule has 40 heavy (non-hydrogen) atoms. The first-order valence-corrected chi connectivity index (χ1v) is 13.1. The van der Waals surface area contributed by atoms with Crippen molar-refractivity contribution in [2.45, 2.75) is 32.7 Å². The van der Waals surface area contributed by atoms with E-state index in [1.807, 2.05) is 20.8 Å². The third kappa shape index (κ3) is 6.88. The van der Waals surface area contributed by atoms with Gasteiger partial charge in [-0.25, -0.2) is 0 Å². The molecule has 12 nitrogen and oxygen atoms in total. The summed E-state index contributed by atoms with van der Waals surface area (Å²) < 4.78 is 11.3. The molecular weight excluding hydrogens is 518 g/mol. The average molecular weight is 554 g/mol. The van der Waals surface area contributed by atoms with E-state index in [9.17, 15) is 25.1 Å². The van der Waals surface area contributed by atoms with E-state index in [2.05, 4.69) is 22.0 Å². The lowest BCUT2D eigenvalue weighted by Gasteiger charge is -2.37. The number of hydrogen-bond donors (Lipinski definition) is 2. The maximum Gasteiger partial charge on any atom is 0.276 e. The van der Waals surface area contributed by atoms with Crippen LogP contribution in [0.25, 0.3) is 11.3 Å². The number of nitrogens with zero attached hydrogens (tertiary/aromatic N) is 5. The molecule has 0 atom stereocenters. The van der Waals surface area contributed by atoms with Crippen LogP contribution in [-0.2, 0) is 0 Å². The summed E-state index contributed by atoms with van der Waals surface area (Å²) in [6.07, 6.45) is 0.809. The molecule has 4 rings (SSSR count). The number of phenolic OH excluding ortho intramolecular Hbond substituents is 2. The Hall–Kier alpha value is -4.16. The van der Waals surface area contributed by atoms with Gasteiger partial charge < -0.3 is 34.2 Å². The van der Waals surface area contributed by atoms with Gasteiger partial charge in [-0.2, -0.15) is 0 Å². The highest BCUT2D eigenvalue weighted by atomic mass is 16.6. The summed E-state index contributed by atoms with van der Waals surface area (Å²) in [5.41, 5.74) is -0.446. The molecule has 2 heterocycles. The van der Waals surface area contributed by atoms with Crippen molar-refractivity contribution in [1.82, 2.24) is 19.9 Å². The lowest BCUT2D eigenvalue weighted by atomic mass is 10.0. The molecule has 3 aromatic rings. The molecule has 1 fully saturated rings. The van der Waals surface area contributed by atoms with E-state index in [4.69, 9.17) is 9.26 Å². The van der Waals surface area contributed by atoms with Crippen LogP contribution >= 0.6 is 0 Å². The number of aromatic nitrogens is 1. The van der Waals surface area contributed by atoms with Crippen LogP contribution in [0.5, 0.6) is 23.0 Å². The maximum atomic E-state index is 13.6. The Kier molecular flexibility index (Phi) is 8.60. The largest absolute Gasteiger partial charge is 0.508 e. The number of phenols is 2. The van der Waals surface area contributed by atoms with Crippen LogP contribution in [0.15, 0.2) is 47.0 Å². The zero-order valence-electron chi connectivity index (χ0n) is 23.2. The van der Waals surface area contributed by atoms with Gasteiger partial charge in [0.1, 0.15) is 28.6 Å². The predicted octanol–water partition coefficient (Wildman–Crippen LogP) is 4.33. The number of carbonyl (C=O) groups is 1. The van der Waals surface area contributed by atoms with Crippen LogP contribution in [0.3, 0.4) is 0 Å². The van der Waals surface area contributed by atoms with Gasteiger partial charge >= 0.3 is 0 Å². The van der Waals surface area contributed by atoms with Gasteiger partial charge in [0, 0.05) is 68.6 Å². The van der Waals surface area contributed by atoms with Gasteiger partial charge in [0.25, 0.3) is 11.6 Å². The fourth-order valence-electron chi connectivity index (χ4n) is 4.58. The van der Waals surface area contributed by atoms with E-state index >= 15 is 0 Å². The van der Waals surface area contributed by atoms with Crippen molar-refractivity contribution in [3.8, 4) is 34.3 Å². The van der Waals surface area contributed by atoms with Gasteiger partial charge in [0.05, 0.1) is 4.92 Å². The van der Waals surface area contributed by atoms with E-state index in [1.165, 1.54) is 36.4 Å². The standard InChI is InChI=1S/C28H35N5O7/c1-28(2,3)32(11-5-10-31-14-12-30(4)13-15-31)27(36)22-18-25(40-29-22)26-23(35)16-20(34)17-24(26)39-21-8-6-19(7-9-21)33(37)38/h6-9,16-18,34-35H,5,10-15H2,1-4H3. The average Bonchev–Trinajstić information content (AvgIpc) is 3.36. The smallest absolute Gasteiger partial charge is 0.276 e. The summed E-state index contributed by atoms with van der Waals surface area (Å²) >= 11 is 0. The molecule has 0 bridgehead atoms. The number of nitro benzene ring substituents is 1. The van der Waals surface area contributed by atoms with Crippen LogP contribution in [-0.4, -0.2) is 92.8 Å². The topological polar surface area (TPSA) is 146 Å². The second kappa shape index (κ2) is 11.9. The zero-order valence-corrected chi connectivity index (χ0v) is 23.2. The zero-order chi connectivity index (χ0) is 29.0. The third-order valence-electron chi connectivity index (χ3n) is 6.82. The summed E-state index contributed by atoms with van der Waals surface area (Å²) in [6, 6.07) is 9.13. The van der Waals surface area contributed by atoms with Crippen LogP contribution in [0.2, 0.25) is 0 Å². The van der Waals surface area contributed by atoms with Crippen LogP contribution in [0.4, 0.5) is 5.69 Å². The Bertz CT molecular complexity index is 1340. The molecule has 2 N–H and O–H groups in total. The fraction of sp³-hybridized carbons (Fsp3) is 0.429. The second-order valence-corrected chi connectivity index (χ2v) is 10.9. The molecule has 0 unspecified atom stereocenters. The molecule has 0 radical (unpaired) electrons. The summed E-state index contributed by atoms with van der Waals surface area (Å²) in [6.45, 7) is 11.4. The molecule has 1 saturated heterocycles. The van der Waals surface area contributed by atoms with Crippen molar-refractivity contribution in [2.24, 2.45) is 0 Å². The highest BCUT2D eigenvalue weighted by Gasteiger charge is 2.30. The van der Waals surface area contributed by atoms with Crippen molar-refractivity contribution >= 4 is 11.6 Å². The van der Waals surface area contributed by atoms with Crippen molar-refractivity contribution in [3.63, 3.8) is 0 Å². The van der Waals surface area contributed by atoms with Crippen molar-refractivity contribution in [2.75, 3.05) is 46.3 Å². The molecule has 1 aliphatic rings. The molecule has 1 amide bonds. The van der Waals surface area contributed by atoms with Crippen molar-refractivity contribution in [3.05, 3.63) is 58.3 Å². The molecule has 1 aromatic heterocycles. The normalized spacial score (nSPS) is 14.7. The first-order chi connectivity index (χ1) is 18.9. The number of piperazine rings is 1. The molecule has 12 heteroatoms. The van der Waals surface area contributed by atoms with Crippen molar-refractivity contribution in [1.29, 1.82) is 0 Å². The minimum atomic E-state index is -0.532. The first-order valence-electron chi connectivity index (χ1n) is 13.1. The Balaban J connectivity index is 1.53. The maximum absolute atomic E-state index is 13.6. The number of benzene rings is 2. The molecule has 0 saturated carbocycles. The number of rotatable bonds is 9. The minimum Gasteiger partial charge on any atom is -0.508 e. The van der Waals surface area contributed by atoms with Crippen molar-refractivity contribution < 1.29 is 29.2 Å². The van der Waals surface area contributed by atoms with Gasteiger partial charge in [0.2, 0.25) is 0 Å². The Morgan fingerprint density at radius 2 is 1.80 bits per heavy atom. The van der Waals surface area contributed by atoms with E-state index in [0.29, 0.717) is 6.54 Å². The van der Waals surface area contributed by atoms with Gasteiger partial charge in [-0.1, -0.05) is 5.16 Å². The quantitative estimate of drug-likeness (QED) is 0.290. The number of likely N-dealkylation sites (N-methyl/N-ethyl adjacent to an activating group) is 1. The van der Waals surface area contributed by atoms with E-state index in [-0.39, 0.29) is 51.6 Å². The minimum absolute atomic E-state index is 0.0151. The second-order valence-electron chi connectivity index (χ2n) is 10.9. The predicted molar refractivity (Wildman–Crippen MR) is 148 cm³/mol.